The van der Waals surface area contributed by atoms with Crippen LogP contribution in [0.4, 0.5) is 10.1 Å². The summed E-state index contributed by atoms with van der Waals surface area (Å²) in [5.41, 5.74) is 5.00. The monoisotopic (exact) mass is 297 g/mol. The number of nitrogens with zero attached hydrogens (tertiary/aromatic N) is 2. The number of hydrogen-bond donors (Lipinski definition) is 1. The minimum atomic E-state index is -1.02. The zero-order chi connectivity index (χ0) is 15.3. The summed E-state index contributed by atoms with van der Waals surface area (Å²) in [4.78, 5) is 10.2. The van der Waals surface area contributed by atoms with E-state index >= 15 is 0 Å². The van der Waals surface area contributed by atoms with Crippen LogP contribution >= 0.6 is 11.8 Å². The van der Waals surface area contributed by atoms with Crippen LogP contribution in [0.1, 0.15) is 25.8 Å². The highest BCUT2D eigenvalue weighted by molar-refractivity contribution is 8.00. The van der Waals surface area contributed by atoms with Gasteiger partial charge in [0, 0.05) is 23.2 Å². The number of benzene rings is 1. The zero-order valence-electron chi connectivity index (χ0n) is 11.3. The van der Waals surface area contributed by atoms with Crippen LogP contribution in [0.5, 0.6) is 0 Å². The van der Waals surface area contributed by atoms with Crippen LogP contribution in [-0.2, 0) is 5.54 Å². The first-order valence-corrected chi connectivity index (χ1v) is 7.07. The summed E-state index contributed by atoms with van der Waals surface area (Å²) in [5, 5.41) is 19.3. The van der Waals surface area contributed by atoms with Crippen LogP contribution < -0.4 is 5.73 Å². The van der Waals surface area contributed by atoms with E-state index in [2.05, 4.69) is 6.07 Å². The third kappa shape index (κ3) is 4.18. The van der Waals surface area contributed by atoms with Crippen molar-refractivity contribution in [2.24, 2.45) is 5.73 Å². The molecule has 0 aliphatic carbocycles. The fraction of sp³-hybridized carbons (Fsp3) is 0.462. The number of rotatable bonds is 6. The van der Waals surface area contributed by atoms with Crippen molar-refractivity contribution in [3.63, 3.8) is 0 Å². The summed E-state index contributed by atoms with van der Waals surface area (Å²) in [6.45, 7) is 3.40. The second-order valence-corrected chi connectivity index (χ2v) is 6.18. The summed E-state index contributed by atoms with van der Waals surface area (Å²) >= 11 is 1.42. The van der Waals surface area contributed by atoms with E-state index in [1.807, 2.05) is 0 Å². The van der Waals surface area contributed by atoms with Crippen LogP contribution in [0.2, 0.25) is 0 Å². The Morgan fingerprint density at radius 2 is 2.30 bits per heavy atom. The normalized spacial score (nSPS) is 15.2. The molecule has 0 radical (unpaired) electrons. The highest BCUT2D eigenvalue weighted by atomic mass is 32.2. The summed E-state index contributed by atoms with van der Waals surface area (Å²) in [6, 6.07) is 5.43. The molecule has 1 aromatic carbocycles. The maximum atomic E-state index is 13.8. The Hall–Kier alpha value is -1.65. The predicted octanol–water partition coefficient (Wildman–Crippen LogP) is 2.94. The van der Waals surface area contributed by atoms with Crippen molar-refractivity contribution >= 4 is 17.4 Å². The van der Waals surface area contributed by atoms with Gasteiger partial charge in [-0.3, -0.25) is 10.1 Å². The number of thioether (sulfide) groups is 1. The average Bonchev–Trinajstić information content (AvgIpc) is 2.38. The largest absolute Gasteiger partial charge is 0.322 e. The molecule has 1 aromatic rings. The van der Waals surface area contributed by atoms with E-state index in [4.69, 9.17) is 11.0 Å². The average molecular weight is 297 g/mol. The second-order valence-electron chi connectivity index (χ2n) is 4.73. The molecule has 108 valence electrons. The zero-order valence-corrected chi connectivity index (χ0v) is 12.1. The molecule has 0 amide bonds. The first-order chi connectivity index (χ1) is 9.27. The molecular formula is C13H16FN3O2S. The molecule has 0 saturated heterocycles. The Morgan fingerprint density at radius 3 is 2.85 bits per heavy atom. The van der Waals surface area contributed by atoms with E-state index in [1.54, 1.807) is 13.8 Å². The SMILES string of the molecule is CC(C#N)SCCC(C)(N)c1cc([N+](=O)[O-])ccc1F. The van der Waals surface area contributed by atoms with Gasteiger partial charge in [-0.1, -0.05) is 0 Å². The van der Waals surface area contributed by atoms with Crippen LogP contribution in [0.3, 0.4) is 0 Å². The molecular weight excluding hydrogens is 281 g/mol. The molecule has 20 heavy (non-hydrogen) atoms. The van der Waals surface area contributed by atoms with Crippen molar-refractivity contribution in [2.75, 3.05) is 5.75 Å². The Balaban J connectivity index is 2.88. The van der Waals surface area contributed by atoms with Crippen LogP contribution in [-0.4, -0.2) is 15.9 Å². The van der Waals surface area contributed by atoms with E-state index in [1.165, 1.54) is 17.8 Å². The van der Waals surface area contributed by atoms with Crippen molar-refractivity contribution in [1.82, 2.24) is 0 Å². The van der Waals surface area contributed by atoms with Crippen molar-refractivity contribution in [3.8, 4) is 6.07 Å². The lowest BCUT2D eigenvalue weighted by Crippen LogP contribution is -2.35. The number of nitriles is 1. The highest BCUT2D eigenvalue weighted by Gasteiger charge is 2.27. The number of hydrogen-bond acceptors (Lipinski definition) is 5. The van der Waals surface area contributed by atoms with Crippen molar-refractivity contribution in [1.29, 1.82) is 5.26 Å². The van der Waals surface area contributed by atoms with E-state index < -0.39 is 16.3 Å². The molecule has 0 aromatic heterocycles. The third-order valence-electron chi connectivity index (χ3n) is 2.95. The first-order valence-electron chi connectivity index (χ1n) is 6.02. The Kier molecular flexibility index (Phi) is 5.48. The van der Waals surface area contributed by atoms with Crippen LogP contribution in [0.15, 0.2) is 18.2 Å². The fourth-order valence-electron chi connectivity index (χ4n) is 1.68. The van der Waals surface area contributed by atoms with Crippen molar-refractivity contribution in [2.45, 2.75) is 31.1 Å². The van der Waals surface area contributed by atoms with Gasteiger partial charge in [-0.2, -0.15) is 5.26 Å². The molecule has 7 heteroatoms. The molecule has 0 bridgehead atoms. The topological polar surface area (TPSA) is 93.0 Å². The lowest BCUT2D eigenvalue weighted by Gasteiger charge is -2.25. The molecule has 0 saturated carbocycles. The molecule has 2 atom stereocenters. The Labute approximate surface area is 121 Å². The van der Waals surface area contributed by atoms with Gasteiger partial charge in [0.1, 0.15) is 5.82 Å². The van der Waals surface area contributed by atoms with Gasteiger partial charge >= 0.3 is 0 Å². The van der Waals surface area contributed by atoms with Gasteiger partial charge in [0.05, 0.1) is 16.2 Å². The van der Waals surface area contributed by atoms with E-state index in [9.17, 15) is 14.5 Å². The second kappa shape index (κ2) is 6.68. The smallest absolute Gasteiger partial charge is 0.269 e. The van der Waals surface area contributed by atoms with Crippen LogP contribution in [0, 0.1) is 27.3 Å². The summed E-state index contributed by atoms with van der Waals surface area (Å²) < 4.78 is 13.8. The standard InChI is InChI=1S/C13H16FN3O2S/c1-9(8-15)20-6-5-13(2,16)11-7-10(17(18)19)3-4-12(11)14/h3-4,7,9H,5-6,16H2,1-2H3. The number of non-ortho nitro benzene ring substituents is 1. The quantitative estimate of drug-likeness (QED) is 0.643. The third-order valence-corrected chi connectivity index (χ3v) is 3.99. The molecule has 0 fully saturated rings. The van der Waals surface area contributed by atoms with E-state index in [-0.39, 0.29) is 16.5 Å². The van der Waals surface area contributed by atoms with Gasteiger partial charge in [0.15, 0.2) is 0 Å². The van der Waals surface area contributed by atoms with Crippen molar-refractivity contribution < 1.29 is 9.31 Å². The van der Waals surface area contributed by atoms with Crippen LogP contribution in [0.25, 0.3) is 0 Å². The minimum absolute atomic E-state index is 0.122. The van der Waals surface area contributed by atoms with Gasteiger partial charge in [-0.15, -0.1) is 11.8 Å². The molecule has 0 heterocycles. The van der Waals surface area contributed by atoms with Gasteiger partial charge < -0.3 is 5.73 Å². The molecule has 0 aliphatic heterocycles. The summed E-state index contributed by atoms with van der Waals surface area (Å²) in [6.07, 6.45) is 0.418. The molecule has 5 nitrogen and oxygen atoms in total. The minimum Gasteiger partial charge on any atom is -0.322 e. The number of nitro benzene ring substituents is 1. The summed E-state index contributed by atoms with van der Waals surface area (Å²) in [5.74, 6) is 0.0167. The highest BCUT2D eigenvalue weighted by Crippen LogP contribution is 2.29. The first kappa shape index (κ1) is 16.4. The number of halogens is 1. The number of nitro groups is 1. The van der Waals surface area contributed by atoms with Crippen molar-refractivity contribution in [3.05, 3.63) is 39.7 Å². The molecule has 2 N–H and O–H groups in total. The van der Waals surface area contributed by atoms with Gasteiger partial charge in [0.25, 0.3) is 5.69 Å². The van der Waals surface area contributed by atoms with E-state index in [0.717, 1.165) is 12.1 Å². The number of nitrogens with two attached hydrogens (primary N) is 1. The lowest BCUT2D eigenvalue weighted by atomic mass is 9.90. The molecule has 0 spiro atoms. The van der Waals surface area contributed by atoms with Gasteiger partial charge in [0.2, 0.25) is 0 Å². The fourth-order valence-corrected chi connectivity index (χ4v) is 2.65. The lowest BCUT2D eigenvalue weighted by molar-refractivity contribution is -0.385. The maximum absolute atomic E-state index is 13.8. The molecule has 1 rings (SSSR count). The van der Waals surface area contributed by atoms with Gasteiger partial charge in [-0.25, -0.2) is 4.39 Å². The summed E-state index contributed by atoms with van der Waals surface area (Å²) in [7, 11) is 0. The Bertz CT molecular complexity index is 543. The van der Waals surface area contributed by atoms with E-state index in [0.29, 0.717) is 12.2 Å². The molecule has 2 unspecified atom stereocenters. The van der Waals surface area contributed by atoms with Gasteiger partial charge in [-0.05, 0) is 32.1 Å². The molecule has 0 aliphatic rings. The maximum Gasteiger partial charge on any atom is 0.269 e. The predicted molar refractivity (Wildman–Crippen MR) is 76.7 cm³/mol. The Morgan fingerprint density at radius 1 is 1.65 bits per heavy atom.